The maximum atomic E-state index is 10.6. The molecule has 67 valence electrons. The molecule has 2 nitrogen and oxygen atoms in total. The number of hydrogen-bond donors (Lipinski definition) is 1. The Morgan fingerprint density at radius 1 is 1.31 bits per heavy atom. The van der Waals surface area contributed by atoms with Crippen LogP contribution in [0.3, 0.4) is 0 Å². The number of benzene rings is 1. The van der Waals surface area contributed by atoms with Crippen LogP contribution in [0.15, 0.2) is 30.3 Å². The minimum atomic E-state index is -0.109. The molecule has 0 amide bonds. The zero-order valence-corrected chi connectivity index (χ0v) is 7.36. The molecule has 1 aromatic carbocycles. The number of hydrogen-bond acceptors (Lipinski definition) is 2. The van der Waals surface area contributed by atoms with Gasteiger partial charge in [0.25, 0.3) is 0 Å². The molecular formula is C11H12NO. The molecule has 0 aromatic heterocycles. The molecule has 1 aromatic rings. The van der Waals surface area contributed by atoms with Gasteiger partial charge in [0, 0.05) is 5.92 Å². The van der Waals surface area contributed by atoms with Gasteiger partial charge in [-0.1, -0.05) is 30.3 Å². The molecule has 2 atom stereocenters. The van der Waals surface area contributed by atoms with Gasteiger partial charge in [0.05, 0.1) is 6.04 Å². The second-order valence-corrected chi connectivity index (χ2v) is 3.36. The molecule has 1 aliphatic rings. The average Bonchev–Trinajstić information content (AvgIpc) is 2.67. The van der Waals surface area contributed by atoms with Crippen LogP contribution < -0.4 is 5.32 Å². The fourth-order valence-electron chi connectivity index (χ4n) is 1.89. The molecule has 0 aliphatic carbocycles. The standard InChI is InChI=1S/C11H12NO/c13-8-11-10(6-7-12-11)9-4-2-1-3-5-9/h1-5,10-12H,6-7H2/t10?,11-/m1/s1. The van der Waals surface area contributed by atoms with Crippen LogP contribution in [-0.4, -0.2) is 18.9 Å². The Hall–Kier alpha value is -1.15. The summed E-state index contributed by atoms with van der Waals surface area (Å²) in [6.07, 6.45) is 3.08. The van der Waals surface area contributed by atoms with Gasteiger partial charge < -0.3 is 5.32 Å². The molecule has 1 N–H and O–H groups in total. The third-order valence-electron chi connectivity index (χ3n) is 2.58. The molecular weight excluding hydrogens is 162 g/mol. The highest BCUT2D eigenvalue weighted by Crippen LogP contribution is 2.26. The maximum absolute atomic E-state index is 10.6. The zero-order valence-electron chi connectivity index (χ0n) is 7.36. The monoisotopic (exact) mass is 174 g/mol. The Balaban J connectivity index is 2.21. The van der Waals surface area contributed by atoms with E-state index in [-0.39, 0.29) is 6.04 Å². The van der Waals surface area contributed by atoms with Crippen LogP contribution in [0.2, 0.25) is 0 Å². The summed E-state index contributed by atoms with van der Waals surface area (Å²) in [5.74, 6) is 0.318. The lowest BCUT2D eigenvalue weighted by Gasteiger charge is -2.12. The van der Waals surface area contributed by atoms with E-state index in [0.717, 1.165) is 13.0 Å². The first-order chi connectivity index (χ1) is 6.42. The molecule has 2 rings (SSSR count). The van der Waals surface area contributed by atoms with Crippen LogP contribution in [0, 0.1) is 0 Å². The lowest BCUT2D eigenvalue weighted by atomic mass is 9.93. The third kappa shape index (κ3) is 1.63. The van der Waals surface area contributed by atoms with E-state index in [9.17, 15) is 4.79 Å². The van der Waals surface area contributed by atoms with Gasteiger partial charge in [0.1, 0.15) is 0 Å². The van der Waals surface area contributed by atoms with Gasteiger partial charge in [0.15, 0.2) is 0 Å². The van der Waals surface area contributed by atoms with Crippen LogP contribution >= 0.6 is 0 Å². The van der Waals surface area contributed by atoms with E-state index >= 15 is 0 Å². The summed E-state index contributed by atoms with van der Waals surface area (Å²) < 4.78 is 0. The van der Waals surface area contributed by atoms with Crippen LogP contribution in [-0.2, 0) is 4.79 Å². The van der Waals surface area contributed by atoms with Crippen LogP contribution in [0.25, 0.3) is 0 Å². The summed E-state index contributed by atoms with van der Waals surface area (Å²) in [7, 11) is 0. The maximum Gasteiger partial charge on any atom is 0.217 e. The highest BCUT2D eigenvalue weighted by molar-refractivity contribution is 5.61. The molecule has 1 heterocycles. The average molecular weight is 174 g/mol. The minimum Gasteiger partial charge on any atom is -0.307 e. The highest BCUT2D eigenvalue weighted by Gasteiger charge is 2.27. The molecule has 1 saturated heterocycles. The highest BCUT2D eigenvalue weighted by atomic mass is 16.1. The summed E-state index contributed by atoms with van der Waals surface area (Å²) in [6, 6.07) is 10.0. The van der Waals surface area contributed by atoms with Gasteiger partial charge in [-0.15, -0.1) is 0 Å². The Bertz CT molecular complexity index is 283. The van der Waals surface area contributed by atoms with Gasteiger partial charge >= 0.3 is 0 Å². The van der Waals surface area contributed by atoms with Crippen molar-refractivity contribution in [1.29, 1.82) is 0 Å². The van der Waals surface area contributed by atoms with Crippen molar-refractivity contribution in [1.82, 2.24) is 5.32 Å². The fraction of sp³-hybridized carbons (Fsp3) is 0.364. The van der Waals surface area contributed by atoms with Gasteiger partial charge in [-0.3, -0.25) is 4.79 Å². The van der Waals surface area contributed by atoms with E-state index in [2.05, 4.69) is 23.7 Å². The number of rotatable bonds is 2. The molecule has 1 unspecified atom stereocenters. The molecule has 0 spiro atoms. The summed E-state index contributed by atoms with van der Waals surface area (Å²) >= 11 is 0. The Kier molecular flexibility index (Phi) is 2.41. The molecule has 0 bridgehead atoms. The van der Waals surface area contributed by atoms with Gasteiger partial charge in [-0.25, -0.2) is 0 Å². The predicted octanol–water partition coefficient (Wildman–Crippen LogP) is 1.24. The molecule has 1 aliphatic heterocycles. The van der Waals surface area contributed by atoms with Crippen molar-refractivity contribution in [2.75, 3.05) is 6.54 Å². The van der Waals surface area contributed by atoms with E-state index in [0.29, 0.717) is 5.92 Å². The molecule has 1 fully saturated rings. The van der Waals surface area contributed by atoms with Crippen molar-refractivity contribution in [3.63, 3.8) is 0 Å². The zero-order chi connectivity index (χ0) is 9.10. The van der Waals surface area contributed by atoms with Gasteiger partial charge in [-0.05, 0) is 18.5 Å². The summed E-state index contributed by atoms with van der Waals surface area (Å²) in [6.45, 7) is 0.916. The van der Waals surface area contributed by atoms with E-state index in [1.807, 2.05) is 18.2 Å². The molecule has 2 heteroatoms. The number of nitrogens with one attached hydrogen (secondary N) is 1. The predicted molar refractivity (Wildman–Crippen MR) is 51.3 cm³/mol. The molecule has 1 radical (unpaired) electrons. The summed E-state index contributed by atoms with van der Waals surface area (Å²) in [4.78, 5) is 10.6. The van der Waals surface area contributed by atoms with E-state index in [1.165, 1.54) is 5.56 Å². The smallest absolute Gasteiger partial charge is 0.217 e. The largest absolute Gasteiger partial charge is 0.307 e. The summed E-state index contributed by atoms with van der Waals surface area (Å²) in [5.41, 5.74) is 1.24. The van der Waals surface area contributed by atoms with Crippen LogP contribution in [0.5, 0.6) is 0 Å². The quantitative estimate of drug-likeness (QED) is 0.731. The van der Waals surface area contributed by atoms with E-state index < -0.39 is 0 Å². The van der Waals surface area contributed by atoms with Crippen molar-refractivity contribution >= 4 is 6.29 Å². The van der Waals surface area contributed by atoms with Gasteiger partial charge in [-0.2, -0.15) is 0 Å². The first-order valence-corrected chi connectivity index (χ1v) is 4.58. The lowest BCUT2D eigenvalue weighted by molar-refractivity contribution is 0.523. The summed E-state index contributed by atoms with van der Waals surface area (Å²) in [5, 5.41) is 3.13. The van der Waals surface area contributed by atoms with Crippen molar-refractivity contribution in [2.24, 2.45) is 0 Å². The Labute approximate surface area is 78.0 Å². The molecule has 0 saturated carbocycles. The fourth-order valence-corrected chi connectivity index (χ4v) is 1.89. The SMILES string of the molecule is O=[C][C@H]1NCCC1c1ccccc1. The van der Waals surface area contributed by atoms with E-state index in [4.69, 9.17) is 0 Å². The van der Waals surface area contributed by atoms with Crippen molar-refractivity contribution in [2.45, 2.75) is 18.4 Å². The Morgan fingerprint density at radius 3 is 2.77 bits per heavy atom. The molecule has 13 heavy (non-hydrogen) atoms. The van der Waals surface area contributed by atoms with Gasteiger partial charge in [0.2, 0.25) is 6.29 Å². The Morgan fingerprint density at radius 2 is 2.08 bits per heavy atom. The topological polar surface area (TPSA) is 29.1 Å². The van der Waals surface area contributed by atoms with Crippen LogP contribution in [0.4, 0.5) is 0 Å². The normalized spacial score (nSPS) is 27.4. The second-order valence-electron chi connectivity index (χ2n) is 3.36. The lowest BCUT2D eigenvalue weighted by Crippen LogP contribution is -2.27. The first-order valence-electron chi connectivity index (χ1n) is 4.58. The minimum absolute atomic E-state index is 0.109. The van der Waals surface area contributed by atoms with Crippen LogP contribution in [0.1, 0.15) is 17.9 Å². The third-order valence-corrected chi connectivity index (χ3v) is 2.58. The van der Waals surface area contributed by atoms with Crippen molar-refractivity contribution in [3.8, 4) is 0 Å². The second kappa shape index (κ2) is 3.71. The van der Waals surface area contributed by atoms with Crippen molar-refractivity contribution in [3.05, 3.63) is 35.9 Å². The number of carbonyl (C=O) groups excluding carboxylic acids is 1. The first kappa shape index (κ1) is 8.45. The van der Waals surface area contributed by atoms with E-state index in [1.54, 1.807) is 0 Å². The van der Waals surface area contributed by atoms with Crippen molar-refractivity contribution < 1.29 is 4.79 Å².